The molecule has 4 aromatic carbocycles. The van der Waals surface area contributed by atoms with Gasteiger partial charge in [0.2, 0.25) is 0 Å². The van der Waals surface area contributed by atoms with Gasteiger partial charge in [0.25, 0.3) is 0 Å². The Kier molecular flexibility index (Phi) is 3.63. The van der Waals surface area contributed by atoms with E-state index in [9.17, 15) is 0 Å². The molecule has 1 aliphatic heterocycles. The predicted octanol–water partition coefficient (Wildman–Crippen LogP) is 8.09. The Balaban J connectivity index is 1.55. The van der Waals surface area contributed by atoms with Gasteiger partial charge in [0.05, 0.1) is 0 Å². The molecule has 0 unspecified atom stereocenters. The van der Waals surface area contributed by atoms with Gasteiger partial charge in [0, 0.05) is 27.5 Å². The Labute approximate surface area is 184 Å². The lowest BCUT2D eigenvalue weighted by molar-refractivity contribution is 0.419. The van der Waals surface area contributed by atoms with Crippen LogP contribution in [-0.2, 0) is 10.8 Å². The number of benzene rings is 4. The van der Waals surface area contributed by atoms with Crippen molar-refractivity contribution in [3.05, 3.63) is 107 Å². The number of ether oxygens (including phenoxy) is 1. The van der Waals surface area contributed by atoms with E-state index in [2.05, 4.69) is 113 Å². The highest BCUT2D eigenvalue weighted by molar-refractivity contribution is 5.85. The quantitative estimate of drug-likeness (QED) is 0.312. The van der Waals surface area contributed by atoms with E-state index in [-0.39, 0.29) is 10.8 Å². The van der Waals surface area contributed by atoms with Crippen molar-refractivity contribution in [2.24, 2.45) is 0 Å². The predicted molar refractivity (Wildman–Crippen MR) is 128 cm³/mol. The van der Waals surface area contributed by atoms with Crippen molar-refractivity contribution in [1.82, 2.24) is 0 Å². The van der Waals surface area contributed by atoms with Crippen LogP contribution in [0, 0.1) is 0 Å². The van der Waals surface area contributed by atoms with Gasteiger partial charge in [-0.3, -0.25) is 0 Å². The molecule has 31 heavy (non-hydrogen) atoms. The van der Waals surface area contributed by atoms with Crippen molar-refractivity contribution in [2.75, 3.05) is 0 Å². The van der Waals surface area contributed by atoms with Crippen LogP contribution < -0.4 is 4.74 Å². The Hall–Kier alpha value is -3.32. The van der Waals surface area contributed by atoms with Gasteiger partial charge in [0.15, 0.2) is 0 Å². The number of hydrogen-bond donors (Lipinski definition) is 0. The highest BCUT2D eigenvalue weighted by Gasteiger charge is 2.37. The molecule has 1 heterocycles. The largest absolute Gasteiger partial charge is 0.456 e. The summed E-state index contributed by atoms with van der Waals surface area (Å²) >= 11 is 0. The monoisotopic (exact) mass is 402 g/mol. The maximum Gasteiger partial charge on any atom is 0.139 e. The summed E-state index contributed by atoms with van der Waals surface area (Å²) in [6.07, 6.45) is 0. The molecular formula is C30H26O. The van der Waals surface area contributed by atoms with Crippen molar-refractivity contribution in [2.45, 2.75) is 38.5 Å². The van der Waals surface area contributed by atoms with Crippen LogP contribution in [0.3, 0.4) is 0 Å². The maximum atomic E-state index is 6.53. The lowest BCUT2D eigenvalue weighted by Crippen LogP contribution is -2.24. The molecule has 1 heteroatoms. The van der Waals surface area contributed by atoms with Crippen LogP contribution in [-0.4, -0.2) is 0 Å². The van der Waals surface area contributed by atoms with E-state index in [4.69, 9.17) is 4.74 Å². The Morgan fingerprint density at radius 1 is 0.516 bits per heavy atom. The second-order valence-electron chi connectivity index (χ2n) is 9.84. The van der Waals surface area contributed by atoms with Crippen molar-refractivity contribution in [3.63, 3.8) is 0 Å². The second-order valence-corrected chi connectivity index (χ2v) is 9.84. The molecular weight excluding hydrogens is 376 g/mol. The van der Waals surface area contributed by atoms with Gasteiger partial charge in [-0.05, 0) is 39.9 Å². The van der Waals surface area contributed by atoms with E-state index in [1.165, 1.54) is 38.9 Å². The van der Waals surface area contributed by atoms with Crippen LogP contribution in [0.4, 0.5) is 0 Å². The summed E-state index contributed by atoms with van der Waals surface area (Å²) in [5.41, 5.74) is 10.2. The van der Waals surface area contributed by atoms with Crippen LogP contribution in [0.25, 0.3) is 22.3 Å². The molecule has 2 aliphatic rings. The Morgan fingerprint density at radius 2 is 1.13 bits per heavy atom. The molecule has 0 aromatic heterocycles. The number of rotatable bonds is 1. The van der Waals surface area contributed by atoms with Gasteiger partial charge in [0.1, 0.15) is 11.5 Å². The van der Waals surface area contributed by atoms with E-state index < -0.39 is 0 Å². The third-order valence-corrected chi connectivity index (χ3v) is 7.36. The number of fused-ring (bicyclic) bond motifs is 5. The van der Waals surface area contributed by atoms with Gasteiger partial charge >= 0.3 is 0 Å². The van der Waals surface area contributed by atoms with Crippen molar-refractivity contribution in [3.8, 4) is 33.8 Å². The minimum absolute atomic E-state index is 0.0104. The van der Waals surface area contributed by atoms with Gasteiger partial charge in [-0.15, -0.1) is 0 Å². The van der Waals surface area contributed by atoms with Gasteiger partial charge in [-0.25, -0.2) is 0 Å². The van der Waals surface area contributed by atoms with Crippen molar-refractivity contribution >= 4 is 0 Å². The van der Waals surface area contributed by atoms with Gasteiger partial charge in [-0.1, -0.05) is 100 Å². The third-order valence-electron chi connectivity index (χ3n) is 7.36. The standard InChI is InChI=1S/C30H26O/c1-29(2)23-12-6-5-10-21(23)22-17-16-19(18-26(22)29)20-11-9-14-25-28(20)31-27-15-8-7-13-24(27)30(25,3)4/h5-18H,1-4H3. The molecule has 0 atom stereocenters. The van der Waals surface area contributed by atoms with Gasteiger partial charge < -0.3 is 4.74 Å². The van der Waals surface area contributed by atoms with E-state index in [1.807, 2.05) is 0 Å². The summed E-state index contributed by atoms with van der Waals surface area (Å²) < 4.78 is 6.53. The fourth-order valence-corrected chi connectivity index (χ4v) is 5.57. The van der Waals surface area contributed by atoms with Crippen LogP contribution in [0.1, 0.15) is 49.9 Å². The first-order chi connectivity index (χ1) is 14.9. The van der Waals surface area contributed by atoms with Crippen LogP contribution in [0.5, 0.6) is 11.5 Å². The lowest BCUT2D eigenvalue weighted by Gasteiger charge is -2.35. The molecule has 0 spiro atoms. The molecule has 6 rings (SSSR count). The molecule has 0 amide bonds. The molecule has 1 aliphatic carbocycles. The maximum absolute atomic E-state index is 6.53. The molecule has 0 fully saturated rings. The average molecular weight is 403 g/mol. The zero-order valence-electron chi connectivity index (χ0n) is 18.5. The topological polar surface area (TPSA) is 9.23 Å². The van der Waals surface area contributed by atoms with Crippen molar-refractivity contribution in [1.29, 1.82) is 0 Å². The fourth-order valence-electron chi connectivity index (χ4n) is 5.57. The van der Waals surface area contributed by atoms with Crippen LogP contribution in [0.15, 0.2) is 84.9 Å². The molecule has 0 bridgehead atoms. The molecule has 0 N–H and O–H groups in total. The van der Waals surface area contributed by atoms with Crippen LogP contribution in [0.2, 0.25) is 0 Å². The summed E-state index contributed by atoms with van der Waals surface area (Å²) in [4.78, 5) is 0. The first kappa shape index (κ1) is 18.4. The molecule has 1 nitrogen and oxygen atoms in total. The third kappa shape index (κ3) is 2.44. The Morgan fingerprint density at radius 3 is 1.97 bits per heavy atom. The molecule has 4 aromatic rings. The highest BCUT2D eigenvalue weighted by Crippen LogP contribution is 2.53. The summed E-state index contributed by atoms with van der Waals surface area (Å²) in [6.45, 7) is 9.24. The molecule has 0 saturated heterocycles. The number of hydrogen-bond acceptors (Lipinski definition) is 1. The normalized spacial score (nSPS) is 16.5. The minimum atomic E-state index is -0.105. The summed E-state index contributed by atoms with van der Waals surface area (Å²) in [7, 11) is 0. The molecule has 152 valence electrons. The summed E-state index contributed by atoms with van der Waals surface area (Å²) in [6, 6.07) is 30.7. The second kappa shape index (κ2) is 6.11. The summed E-state index contributed by atoms with van der Waals surface area (Å²) in [5.74, 6) is 1.95. The lowest BCUT2D eigenvalue weighted by atomic mass is 9.74. The average Bonchev–Trinajstić information content (AvgIpc) is 3.01. The fraction of sp³-hybridized carbons (Fsp3) is 0.200. The zero-order chi connectivity index (χ0) is 21.4. The number of para-hydroxylation sites is 2. The Bertz CT molecular complexity index is 1360. The first-order valence-corrected chi connectivity index (χ1v) is 11.0. The van der Waals surface area contributed by atoms with Crippen molar-refractivity contribution < 1.29 is 4.74 Å². The SMILES string of the molecule is CC1(C)c2ccccc2-c2ccc(-c3cccc4c3Oc3ccccc3C4(C)C)cc21. The van der Waals surface area contributed by atoms with E-state index in [0.717, 1.165) is 17.1 Å². The van der Waals surface area contributed by atoms with E-state index >= 15 is 0 Å². The van der Waals surface area contributed by atoms with E-state index in [1.54, 1.807) is 0 Å². The smallest absolute Gasteiger partial charge is 0.139 e. The van der Waals surface area contributed by atoms with E-state index in [0.29, 0.717) is 0 Å². The highest BCUT2D eigenvalue weighted by atomic mass is 16.5. The summed E-state index contributed by atoms with van der Waals surface area (Å²) in [5, 5.41) is 0. The minimum Gasteiger partial charge on any atom is -0.456 e. The molecule has 0 saturated carbocycles. The first-order valence-electron chi connectivity index (χ1n) is 11.0. The zero-order valence-corrected chi connectivity index (χ0v) is 18.5. The van der Waals surface area contributed by atoms with Gasteiger partial charge in [-0.2, -0.15) is 0 Å². The van der Waals surface area contributed by atoms with Crippen LogP contribution >= 0.6 is 0 Å². The molecule has 0 radical (unpaired) electrons.